The van der Waals surface area contributed by atoms with Crippen LogP contribution in [0, 0.1) is 0 Å². The largest absolute Gasteiger partial charge is 0.395 e. The highest BCUT2D eigenvalue weighted by Gasteiger charge is 1.68. The summed E-state index contributed by atoms with van der Waals surface area (Å²) in [5.41, 5.74) is 0. The first-order valence-corrected chi connectivity index (χ1v) is 2.18. The maximum atomic E-state index is 9.39. The van der Waals surface area contributed by atoms with Gasteiger partial charge in [-0.15, -0.1) is 0 Å². The number of amides is 1. The molecule has 0 aromatic rings. The minimum absolute atomic E-state index is 0.497. The maximum Gasteiger partial charge on any atom is 0.314 e. The highest BCUT2D eigenvalue weighted by molar-refractivity contribution is 5.71. The Labute approximate surface area is 47.5 Å². The monoisotopic (exact) mass is 115 g/mol. The molecule has 4 heteroatoms. The Morgan fingerprint density at radius 1 is 2.00 bits per heavy atom. The number of carbonyl (C=O) groups excluding carboxylic acids is 1. The molecule has 0 fully saturated rings. The maximum absolute atomic E-state index is 9.39. The van der Waals surface area contributed by atoms with E-state index in [-0.39, 0.29) is 0 Å². The quantitative estimate of drug-likeness (QED) is 0.235. The Bertz CT molecular complexity index is 82.1. The molecule has 0 heterocycles. The van der Waals surface area contributed by atoms with Crippen LogP contribution in [0.15, 0.2) is 5.16 Å². The molecule has 1 radical (unpaired) electrons. The van der Waals surface area contributed by atoms with Gasteiger partial charge in [-0.3, -0.25) is 4.79 Å². The van der Waals surface area contributed by atoms with Gasteiger partial charge in [-0.2, -0.15) is 0 Å². The van der Waals surface area contributed by atoms with Crippen molar-refractivity contribution in [3.05, 3.63) is 0 Å². The standard InChI is InChI=1S/C4H7N2O2/c1-2-8-6-3-5-4-7/h3H,2H2,1H3,(H,5,6,7). The zero-order chi connectivity index (χ0) is 6.24. The van der Waals surface area contributed by atoms with Crippen LogP contribution < -0.4 is 5.32 Å². The lowest BCUT2D eigenvalue weighted by molar-refractivity contribution is 0.159. The van der Waals surface area contributed by atoms with Crippen molar-refractivity contribution < 1.29 is 9.63 Å². The number of oxime groups is 1. The van der Waals surface area contributed by atoms with Crippen molar-refractivity contribution in [2.24, 2.45) is 5.16 Å². The molecule has 0 aromatic carbocycles. The fourth-order valence-corrected chi connectivity index (χ4v) is 0.165. The Morgan fingerprint density at radius 2 is 2.75 bits per heavy atom. The molecule has 0 aliphatic carbocycles. The average Bonchev–Trinajstić information content (AvgIpc) is 1.81. The second-order valence-electron chi connectivity index (χ2n) is 0.899. The van der Waals surface area contributed by atoms with Gasteiger partial charge >= 0.3 is 6.41 Å². The first-order valence-electron chi connectivity index (χ1n) is 2.18. The minimum Gasteiger partial charge on any atom is -0.395 e. The average molecular weight is 115 g/mol. The normalized spacial score (nSPS) is 9.12. The highest BCUT2D eigenvalue weighted by atomic mass is 16.6. The molecule has 0 unspecified atom stereocenters. The molecule has 0 atom stereocenters. The zero-order valence-electron chi connectivity index (χ0n) is 4.55. The molecule has 0 saturated heterocycles. The topological polar surface area (TPSA) is 50.7 Å². The third kappa shape index (κ3) is 4.94. The molecule has 0 saturated carbocycles. The molecular formula is C4H7N2O2. The molecule has 1 N–H and O–H groups in total. The van der Waals surface area contributed by atoms with Gasteiger partial charge in [0.1, 0.15) is 12.9 Å². The van der Waals surface area contributed by atoms with E-state index in [1.807, 2.05) is 0 Å². The molecule has 0 rings (SSSR count). The number of rotatable bonds is 4. The third-order valence-electron chi connectivity index (χ3n) is 0.380. The summed E-state index contributed by atoms with van der Waals surface area (Å²) in [6.07, 6.45) is 2.52. The summed E-state index contributed by atoms with van der Waals surface area (Å²) in [5, 5.41) is 5.34. The fourth-order valence-electron chi connectivity index (χ4n) is 0.165. The molecule has 0 aliphatic heterocycles. The van der Waals surface area contributed by atoms with Crippen molar-refractivity contribution >= 4 is 12.7 Å². The van der Waals surface area contributed by atoms with E-state index >= 15 is 0 Å². The van der Waals surface area contributed by atoms with E-state index in [2.05, 4.69) is 15.3 Å². The summed E-state index contributed by atoms with van der Waals surface area (Å²) in [6.45, 7) is 2.29. The van der Waals surface area contributed by atoms with Gasteiger partial charge in [-0.1, -0.05) is 5.16 Å². The Morgan fingerprint density at radius 3 is 3.25 bits per heavy atom. The lowest BCUT2D eigenvalue weighted by Gasteiger charge is -1.86. The van der Waals surface area contributed by atoms with Gasteiger partial charge < -0.3 is 10.2 Å². The van der Waals surface area contributed by atoms with Gasteiger partial charge in [0.25, 0.3) is 0 Å². The molecule has 4 nitrogen and oxygen atoms in total. The molecule has 0 spiro atoms. The number of nitrogens with one attached hydrogen (secondary N) is 1. The predicted octanol–water partition coefficient (Wildman–Crippen LogP) is -0.377. The molecule has 0 aliphatic rings. The Balaban J connectivity index is 2.94. The Kier molecular flexibility index (Phi) is 5.15. The zero-order valence-corrected chi connectivity index (χ0v) is 4.55. The smallest absolute Gasteiger partial charge is 0.314 e. The van der Waals surface area contributed by atoms with Crippen LogP contribution in [-0.4, -0.2) is 19.4 Å². The first-order chi connectivity index (χ1) is 3.91. The van der Waals surface area contributed by atoms with Gasteiger partial charge in [0.15, 0.2) is 0 Å². The van der Waals surface area contributed by atoms with Crippen molar-refractivity contribution in [1.29, 1.82) is 0 Å². The van der Waals surface area contributed by atoms with Crippen LogP contribution in [0.3, 0.4) is 0 Å². The summed E-state index contributed by atoms with van der Waals surface area (Å²) in [4.78, 5) is 13.8. The van der Waals surface area contributed by atoms with E-state index in [0.29, 0.717) is 6.61 Å². The number of hydrogen-bond acceptors (Lipinski definition) is 3. The Hall–Kier alpha value is -1.06. The second kappa shape index (κ2) is 5.94. The van der Waals surface area contributed by atoms with Gasteiger partial charge in [-0.25, -0.2) is 0 Å². The summed E-state index contributed by atoms with van der Waals surface area (Å²) in [5.74, 6) is 0. The van der Waals surface area contributed by atoms with Crippen LogP contribution in [0.25, 0.3) is 0 Å². The van der Waals surface area contributed by atoms with Crippen LogP contribution in [0.1, 0.15) is 6.92 Å². The van der Waals surface area contributed by atoms with Crippen LogP contribution in [-0.2, 0) is 9.63 Å². The van der Waals surface area contributed by atoms with Gasteiger partial charge in [0.05, 0.1) is 0 Å². The molecule has 1 amide bonds. The van der Waals surface area contributed by atoms with Gasteiger partial charge in [-0.05, 0) is 6.92 Å². The predicted molar refractivity (Wildman–Crippen MR) is 28.9 cm³/mol. The highest BCUT2D eigenvalue weighted by Crippen LogP contribution is 1.66. The molecule has 0 bridgehead atoms. The molecule has 0 aromatic heterocycles. The van der Waals surface area contributed by atoms with Crippen molar-refractivity contribution in [3.63, 3.8) is 0 Å². The van der Waals surface area contributed by atoms with Gasteiger partial charge in [0.2, 0.25) is 0 Å². The second-order valence-corrected chi connectivity index (χ2v) is 0.899. The summed E-state index contributed by atoms with van der Waals surface area (Å²) in [7, 11) is 0. The lowest BCUT2D eigenvalue weighted by atomic mass is 10.9. The van der Waals surface area contributed by atoms with E-state index in [1.165, 1.54) is 6.41 Å². The molecule has 8 heavy (non-hydrogen) atoms. The van der Waals surface area contributed by atoms with E-state index in [1.54, 1.807) is 6.92 Å². The van der Waals surface area contributed by atoms with Crippen molar-refractivity contribution in [1.82, 2.24) is 5.32 Å². The number of hydrogen-bond donors (Lipinski definition) is 1. The summed E-state index contributed by atoms with van der Waals surface area (Å²) in [6, 6.07) is 0. The molecular weight excluding hydrogens is 108 g/mol. The number of nitrogens with zero attached hydrogens (tertiary/aromatic N) is 1. The fraction of sp³-hybridized carbons (Fsp3) is 0.500. The van der Waals surface area contributed by atoms with Crippen LogP contribution in [0.4, 0.5) is 0 Å². The van der Waals surface area contributed by atoms with Crippen LogP contribution in [0.5, 0.6) is 0 Å². The van der Waals surface area contributed by atoms with Crippen molar-refractivity contribution in [2.45, 2.75) is 6.92 Å². The SMILES string of the molecule is CCON=CN[C]=O. The van der Waals surface area contributed by atoms with Crippen molar-refractivity contribution in [2.75, 3.05) is 6.61 Å². The summed E-state index contributed by atoms with van der Waals surface area (Å²) < 4.78 is 0. The first kappa shape index (κ1) is 6.94. The van der Waals surface area contributed by atoms with Crippen LogP contribution >= 0.6 is 0 Å². The van der Waals surface area contributed by atoms with E-state index in [0.717, 1.165) is 6.34 Å². The van der Waals surface area contributed by atoms with E-state index in [9.17, 15) is 4.79 Å². The summed E-state index contributed by atoms with van der Waals surface area (Å²) >= 11 is 0. The lowest BCUT2D eigenvalue weighted by Crippen LogP contribution is -2.06. The van der Waals surface area contributed by atoms with E-state index in [4.69, 9.17) is 0 Å². The molecule has 45 valence electrons. The third-order valence-corrected chi connectivity index (χ3v) is 0.380. The van der Waals surface area contributed by atoms with Gasteiger partial charge in [0, 0.05) is 0 Å². The minimum atomic E-state index is 0.497. The van der Waals surface area contributed by atoms with E-state index < -0.39 is 0 Å². The van der Waals surface area contributed by atoms with Crippen molar-refractivity contribution in [3.8, 4) is 0 Å². The van der Waals surface area contributed by atoms with Crippen LogP contribution in [0.2, 0.25) is 0 Å².